The molecule has 0 unspecified atom stereocenters. The van der Waals surface area contributed by atoms with Gasteiger partial charge in [0.25, 0.3) is 0 Å². The summed E-state index contributed by atoms with van der Waals surface area (Å²) in [6, 6.07) is 4.67. The zero-order valence-corrected chi connectivity index (χ0v) is 7.60. The zero-order valence-electron chi connectivity index (χ0n) is 7.60. The molecular formula is C11H12FN. The summed E-state index contributed by atoms with van der Waals surface area (Å²) in [5.74, 6) is 2.29. The first-order valence-corrected chi connectivity index (χ1v) is 4.17. The first-order chi connectivity index (χ1) is 6.24. The topological polar surface area (TPSA) is 12.0 Å². The predicted octanol–water partition coefficient (Wildman–Crippen LogP) is 2.57. The smallest absolute Gasteiger partial charge is 0.125 e. The van der Waals surface area contributed by atoms with Crippen LogP contribution in [0.4, 0.5) is 10.1 Å². The average molecular weight is 177 g/mol. The molecule has 0 saturated heterocycles. The molecule has 68 valence electrons. The largest absolute Gasteiger partial charge is 0.384 e. The number of halogens is 1. The molecule has 0 saturated carbocycles. The van der Waals surface area contributed by atoms with Crippen LogP contribution in [0.3, 0.4) is 0 Å². The molecular weight excluding hydrogens is 165 g/mol. The number of nitrogens with one attached hydrogen (secondary N) is 1. The van der Waals surface area contributed by atoms with Crippen LogP contribution >= 0.6 is 0 Å². The van der Waals surface area contributed by atoms with Crippen molar-refractivity contribution in [3.8, 4) is 12.3 Å². The fraction of sp³-hybridized carbons (Fsp3) is 0.273. The Morgan fingerprint density at radius 1 is 1.54 bits per heavy atom. The lowest BCUT2D eigenvalue weighted by Gasteiger charge is -2.07. The van der Waals surface area contributed by atoms with Crippen LogP contribution in [0.1, 0.15) is 12.0 Å². The van der Waals surface area contributed by atoms with Crippen LogP contribution in [-0.2, 0) is 0 Å². The summed E-state index contributed by atoms with van der Waals surface area (Å²) in [5, 5.41) is 3.07. The Bertz CT molecular complexity index is 325. The summed E-state index contributed by atoms with van der Waals surface area (Å²) in [5.41, 5.74) is 1.84. The van der Waals surface area contributed by atoms with Gasteiger partial charge in [0.1, 0.15) is 5.82 Å². The van der Waals surface area contributed by atoms with Gasteiger partial charge in [0.2, 0.25) is 0 Å². The Morgan fingerprint density at radius 3 is 3.00 bits per heavy atom. The first-order valence-electron chi connectivity index (χ1n) is 4.17. The summed E-state index contributed by atoms with van der Waals surface area (Å²) >= 11 is 0. The molecule has 0 amide bonds. The molecule has 1 aromatic rings. The average Bonchev–Trinajstić information content (AvgIpc) is 2.11. The summed E-state index contributed by atoms with van der Waals surface area (Å²) in [4.78, 5) is 0. The van der Waals surface area contributed by atoms with Crippen molar-refractivity contribution in [2.24, 2.45) is 0 Å². The lowest BCUT2D eigenvalue weighted by atomic mass is 10.2. The molecule has 0 aromatic heterocycles. The van der Waals surface area contributed by atoms with E-state index in [-0.39, 0.29) is 5.82 Å². The molecule has 0 aliphatic carbocycles. The SMILES string of the molecule is C#CCCNc1cc(F)ccc1C. The van der Waals surface area contributed by atoms with E-state index in [2.05, 4.69) is 11.2 Å². The molecule has 0 heterocycles. The second-order valence-corrected chi connectivity index (χ2v) is 2.84. The maximum atomic E-state index is 12.8. The Labute approximate surface area is 78.0 Å². The standard InChI is InChI=1S/C11H12FN/c1-3-4-7-13-11-8-10(12)6-5-9(11)2/h1,5-6,8,13H,4,7H2,2H3. The van der Waals surface area contributed by atoms with Crippen LogP contribution in [0.15, 0.2) is 18.2 Å². The number of terminal acetylenes is 1. The highest BCUT2D eigenvalue weighted by Crippen LogP contribution is 2.15. The molecule has 1 N–H and O–H groups in total. The summed E-state index contributed by atoms with van der Waals surface area (Å²) in [6.45, 7) is 2.61. The maximum Gasteiger partial charge on any atom is 0.125 e. The van der Waals surface area contributed by atoms with E-state index < -0.39 is 0 Å². The van der Waals surface area contributed by atoms with Crippen molar-refractivity contribution in [1.82, 2.24) is 0 Å². The van der Waals surface area contributed by atoms with Crippen molar-refractivity contribution in [3.63, 3.8) is 0 Å². The molecule has 1 nitrogen and oxygen atoms in total. The molecule has 13 heavy (non-hydrogen) atoms. The minimum Gasteiger partial charge on any atom is -0.384 e. The van der Waals surface area contributed by atoms with Crippen molar-refractivity contribution >= 4 is 5.69 Å². The number of hydrogen-bond donors (Lipinski definition) is 1. The molecule has 0 atom stereocenters. The van der Waals surface area contributed by atoms with Crippen molar-refractivity contribution in [3.05, 3.63) is 29.6 Å². The van der Waals surface area contributed by atoms with E-state index in [0.717, 1.165) is 11.3 Å². The third-order valence-corrected chi connectivity index (χ3v) is 1.78. The van der Waals surface area contributed by atoms with Crippen molar-refractivity contribution < 1.29 is 4.39 Å². The second kappa shape index (κ2) is 4.51. The van der Waals surface area contributed by atoms with Crippen molar-refractivity contribution in [2.75, 3.05) is 11.9 Å². The molecule has 1 aromatic carbocycles. The van der Waals surface area contributed by atoms with Gasteiger partial charge < -0.3 is 5.32 Å². The molecule has 0 spiro atoms. The van der Waals surface area contributed by atoms with E-state index in [0.29, 0.717) is 13.0 Å². The van der Waals surface area contributed by atoms with Crippen LogP contribution in [0.2, 0.25) is 0 Å². The Balaban J connectivity index is 2.65. The van der Waals surface area contributed by atoms with Crippen LogP contribution in [0.5, 0.6) is 0 Å². The number of hydrogen-bond acceptors (Lipinski definition) is 1. The summed E-state index contributed by atoms with van der Waals surface area (Å²) < 4.78 is 12.8. The van der Waals surface area contributed by atoms with E-state index in [1.54, 1.807) is 6.07 Å². The van der Waals surface area contributed by atoms with E-state index in [1.165, 1.54) is 12.1 Å². The van der Waals surface area contributed by atoms with Crippen LogP contribution in [0, 0.1) is 25.1 Å². The van der Waals surface area contributed by atoms with Gasteiger partial charge in [-0.25, -0.2) is 4.39 Å². The van der Waals surface area contributed by atoms with Gasteiger partial charge in [-0.3, -0.25) is 0 Å². The fourth-order valence-electron chi connectivity index (χ4n) is 1.05. The van der Waals surface area contributed by atoms with Crippen LogP contribution in [0.25, 0.3) is 0 Å². The lowest BCUT2D eigenvalue weighted by Crippen LogP contribution is -2.02. The van der Waals surface area contributed by atoms with Gasteiger partial charge in [-0.2, -0.15) is 0 Å². The van der Waals surface area contributed by atoms with Gasteiger partial charge in [0, 0.05) is 18.7 Å². The highest BCUT2D eigenvalue weighted by molar-refractivity contribution is 5.50. The van der Waals surface area contributed by atoms with Gasteiger partial charge in [0.15, 0.2) is 0 Å². The Morgan fingerprint density at radius 2 is 2.31 bits per heavy atom. The van der Waals surface area contributed by atoms with Gasteiger partial charge in [-0.15, -0.1) is 12.3 Å². The fourth-order valence-corrected chi connectivity index (χ4v) is 1.05. The minimum atomic E-state index is -0.228. The number of aryl methyl sites for hydroxylation is 1. The third-order valence-electron chi connectivity index (χ3n) is 1.78. The number of anilines is 1. The lowest BCUT2D eigenvalue weighted by molar-refractivity contribution is 0.628. The quantitative estimate of drug-likeness (QED) is 0.552. The van der Waals surface area contributed by atoms with Gasteiger partial charge in [0.05, 0.1) is 0 Å². The monoisotopic (exact) mass is 177 g/mol. The molecule has 0 aliphatic rings. The number of rotatable bonds is 3. The van der Waals surface area contributed by atoms with E-state index in [9.17, 15) is 4.39 Å². The Kier molecular flexibility index (Phi) is 3.33. The first kappa shape index (κ1) is 9.60. The molecule has 0 radical (unpaired) electrons. The van der Waals surface area contributed by atoms with E-state index >= 15 is 0 Å². The zero-order chi connectivity index (χ0) is 9.68. The third kappa shape index (κ3) is 2.79. The highest BCUT2D eigenvalue weighted by atomic mass is 19.1. The maximum absolute atomic E-state index is 12.8. The summed E-state index contributed by atoms with van der Waals surface area (Å²) in [6.07, 6.45) is 5.75. The van der Waals surface area contributed by atoms with Crippen molar-refractivity contribution in [1.29, 1.82) is 0 Å². The molecule has 0 fully saturated rings. The van der Waals surface area contributed by atoms with Gasteiger partial charge in [-0.1, -0.05) is 6.07 Å². The molecule has 2 heteroatoms. The molecule has 0 aliphatic heterocycles. The van der Waals surface area contributed by atoms with Crippen molar-refractivity contribution in [2.45, 2.75) is 13.3 Å². The predicted molar refractivity (Wildman–Crippen MR) is 53.1 cm³/mol. The van der Waals surface area contributed by atoms with E-state index in [1.807, 2.05) is 6.92 Å². The molecule has 1 rings (SSSR count). The van der Waals surface area contributed by atoms with Crippen LogP contribution < -0.4 is 5.32 Å². The minimum absolute atomic E-state index is 0.228. The summed E-state index contributed by atoms with van der Waals surface area (Å²) in [7, 11) is 0. The van der Waals surface area contributed by atoms with Crippen LogP contribution in [-0.4, -0.2) is 6.54 Å². The Hall–Kier alpha value is -1.49. The van der Waals surface area contributed by atoms with E-state index in [4.69, 9.17) is 6.42 Å². The number of benzene rings is 1. The normalized spacial score (nSPS) is 9.31. The molecule has 0 bridgehead atoms. The second-order valence-electron chi connectivity index (χ2n) is 2.84. The van der Waals surface area contributed by atoms with Gasteiger partial charge >= 0.3 is 0 Å². The van der Waals surface area contributed by atoms with Gasteiger partial charge in [-0.05, 0) is 24.6 Å². The highest BCUT2D eigenvalue weighted by Gasteiger charge is 1.98.